The molecule has 2 amide bonds. The average Bonchev–Trinajstić information content (AvgIpc) is 3.47. The van der Waals surface area contributed by atoms with E-state index in [1.54, 1.807) is 37.5 Å². The topological polar surface area (TPSA) is 80.3 Å². The Bertz CT molecular complexity index is 788. The largest absolute Gasteiger partial charge is 0.368 e. The van der Waals surface area contributed by atoms with Gasteiger partial charge in [-0.15, -0.1) is 0 Å². The Balaban J connectivity index is 1.63. The number of carbonyl (C=O) groups excluding carboxylic acids is 2. The highest BCUT2D eigenvalue weighted by Crippen LogP contribution is 2.29. The minimum absolute atomic E-state index is 0.194. The molecule has 1 unspecified atom stereocenters. The van der Waals surface area contributed by atoms with Crippen LogP contribution < -0.4 is 10.6 Å². The monoisotopic (exact) mass is 353 g/mol. The molecule has 0 spiro atoms. The zero-order chi connectivity index (χ0) is 18.5. The molecule has 0 saturated heterocycles. The predicted octanol–water partition coefficient (Wildman–Crippen LogP) is 3.40. The smallest absolute Gasteiger partial charge is 0.255 e. The molecule has 1 saturated carbocycles. The maximum absolute atomic E-state index is 12.3. The Morgan fingerprint density at radius 1 is 1.19 bits per heavy atom. The molecule has 0 bridgehead atoms. The molecule has 1 aromatic carbocycles. The summed E-state index contributed by atoms with van der Waals surface area (Å²) in [6, 6.07) is 8.71. The Hall–Kier alpha value is -2.73. The van der Waals surface area contributed by atoms with E-state index in [1.165, 1.54) is 12.8 Å². The standard InChI is InChI=1S/C20H23N3O3/c1-13-3-6-17(22-19(24)14(2)26-12-15-4-5-15)11-18(13)23-20(25)16-7-9-21-10-8-16/h3,6-11,14-15H,4-5,12H2,1-2H3,(H,22,24)(H,23,25). The van der Waals surface area contributed by atoms with Gasteiger partial charge in [-0.3, -0.25) is 14.6 Å². The van der Waals surface area contributed by atoms with E-state index >= 15 is 0 Å². The molecule has 6 heteroatoms. The van der Waals surface area contributed by atoms with Crippen LogP contribution in [-0.4, -0.2) is 29.5 Å². The molecular weight excluding hydrogens is 330 g/mol. The molecule has 0 aliphatic heterocycles. The second-order valence-corrected chi connectivity index (χ2v) is 6.63. The fourth-order valence-corrected chi connectivity index (χ4v) is 2.42. The number of anilines is 2. The second kappa shape index (κ2) is 8.10. The lowest BCUT2D eigenvalue weighted by molar-refractivity contribution is -0.126. The molecule has 2 aromatic rings. The minimum Gasteiger partial charge on any atom is -0.368 e. The lowest BCUT2D eigenvalue weighted by Gasteiger charge is -2.15. The van der Waals surface area contributed by atoms with E-state index in [2.05, 4.69) is 15.6 Å². The highest BCUT2D eigenvalue weighted by Gasteiger charge is 2.24. The zero-order valence-electron chi connectivity index (χ0n) is 15.0. The first kappa shape index (κ1) is 18.1. The number of rotatable bonds is 7. The van der Waals surface area contributed by atoms with E-state index in [0.717, 1.165) is 5.56 Å². The maximum atomic E-state index is 12.3. The Labute approximate surface area is 153 Å². The minimum atomic E-state index is -0.508. The van der Waals surface area contributed by atoms with Crippen molar-refractivity contribution in [3.8, 4) is 0 Å². The summed E-state index contributed by atoms with van der Waals surface area (Å²) in [5.41, 5.74) is 2.70. The zero-order valence-corrected chi connectivity index (χ0v) is 15.0. The molecular formula is C20H23N3O3. The Kier molecular flexibility index (Phi) is 5.63. The van der Waals surface area contributed by atoms with Gasteiger partial charge in [0.25, 0.3) is 11.8 Å². The van der Waals surface area contributed by atoms with Gasteiger partial charge in [0, 0.05) is 29.3 Å². The van der Waals surface area contributed by atoms with Crippen LogP contribution in [0.3, 0.4) is 0 Å². The Morgan fingerprint density at radius 2 is 1.92 bits per heavy atom. The number of pyridine rings is 1. The van der Waals surface area contributed by atoms with E-state index in [-0.39, 0.29) is 11.8 Å². The van der Waals surface area contributed by atoms with Crippen molar-refractivity contribution in [2.45, 2.75) is 32.8 Å². The van der Waals surface area contributed by atoms with Crippen LogP contribution in [0.5, 0.6) is 0 Å². The van der Waals surface area contributed by atoms with Crippen LogP contribution in [0.2, 0.25) is 0 Å². The van der Waals surface area contributed by atoms with Crippen LogP contribution in [0, 0.1) is 12.8 Å². The van der Waals surface area contributed by atoms with E-state index in [9.17, 15) is 9.59 Å². The quantitative estimate of drug-likeness (QED) is 0.799. The van der Waals surface area contributed by atoms with Crippen LogP contribution in [-0.2, 0) is 9.53 Å². The molecule has 1 aliphatic rings. The highest BCUT2D eigenvalue weighted by molar-refractivity contribution is 6.05. The molecule has 1 heterocycles. The van der Waals surface area contributed by atoms with Gasteiger partial charge in [-0.2, -0.15) is 0 Å². The lowest BCUT2D eigenvalue weighted by atomic mass is 10.1. The average molecular weight is 353 g/mol. The normalized spacial score (nSPS) is 14.5. The fourth-order valence-electron chi connectivity index (χ4n) is 2.42. The molecule has 136 valence electrons. The molecule has 1 fully saturated rings. The number of aromatic nitrogens is 1. The number of hydrogen-bond donors (Lipinski definition) is 2. The highest BCUT2D eigenvalue weighted by atomic mass is 16.5. The summed E-state index contributed by atoms with van der Waals surface area (Å²) in [6.07, 6.45) is 5.01. The third kappa shape index (κ3) is 4.89. The summed E-state index contributed by atoms with van der Waals surface area (Å²) in [7, 11) is 0. The third-order valence-corrected chi connectivity index (χ3v) is 4.34. The van der Waals surface area contributed by atoms with E-state index in [0.29, 0.717) is 29.5 Å². The summed E-state index contributed by atoms with van der Waals surface area (Å²) in [5.74, 6) is 0.195. The van der Waals surface area contributed by atoms with Crippen LogP contribution in [0.25, 0.3) is 0 Å². The van der Waals surface area contributed by atoms with E-state index < -0.39 is 6.10 Å². The first-order valence-electron chi connectivity index (χ1n) is 8.77. The van der Waals surface area contributed by atoms with Crippen molar-refractivity contribution < 1.29 is 14.3 Å². The number of amides is 2. The molecule has 1 aromatic heterocycles. The van der Waals surface area contributed by atoms with Gasteiger partial charge in [-0.1, -0.05) is 6.07 Å². The maximum Gasteiger partial charge on any atom is 0.255 e. The van der Waals surface area contributed by atoms with Gasteiger partial charge < -0.3 is 15.4 Å². The first-order valence-corrected chi connectivity index (χ1v) is 8.77. The van der Waals surface area contributed by atoms with Gasteiger partial charge >= 0.3 is 0 Å². The molecule has 6 nitrogen and oxygen atoms in total. The molecule has 1 aliphatic carbocycles. The predicted molar refractivity (Wildman–Crippen MR) is 100 cm³/mol. The number of nitrogens with one attached hydrogen (secondary N) is 2. The first-order chi connectivity index (χ1) is 12.5. The van der Waals surface area contributed by atoms with Gasteiger partial charge in [0.2, 0.25) is 0 Å². The third-order valence-electron chi connectivity index (χ3n) is 4.34. The summed E-state index contributed by atoms with van der Waals surface area (Å²) in [4.78, 5) is 28.5. The summed E-state index contributed by atoms with van der Waals surface area (Å²) < 4.78 is 5.59. The Morgan fingerprint density at radius 3 is 2.62 bits per heavy atom. The number of carbonyl (C=O) groups is 2. The number of nitrogens with zero attached hydrogens (tertiary/aromatic N) is 1. The summed E-state index contributed by atoms with van der Waals surface area (Å²) >= 11 is 0. The van der Waals surface area contributed by atoms with Crippen molar-refractivity contribution >= 4 is 23.2 Å². The van der Waals surface area contributed by atoms with Gasteiger partial charge in [-0.25, -0.2) is 0 Å². The molecule has 1 atom stereocenters. The van der Waals surface area contributed by atoms with Crippen molar-refractivity contribution in [1.82, 2.24) is 4.98 Å². The number of benzene rings is 1. The number of ether oxygens (including phenoxy) is 1. The van der Waals surface area contributed by atoms with E-state index in [1.807, 2.05) is 19.1 Å². The summed E-state index contributed by atoms with van der Waals surface area (Å²) in [6.45, 7) is 4.28. The lowest BCUT2D eigenvalue weighted by Crippen LogP contribution is -2.28. The van der Waals surface area contributed by atoms with Gasteiger partial charge in [0.05, 0.1) is 6.61 Å². The van der Waals surface area contributed by atoms with Gasteiger partial charge in [0.15, 0.2) is 0 Å². The molecule has 0 radical (unpaired) electrons. The van der Waals surface area contributed by atoms with Crippen molar-refractivity contribution in [2.24, 2.45) is 5.92 Å². The number of hydrogen-bond acceptors (Lipinski definition) is 4. The van der Waals surface area contributed by atoms with Crippen molar-refractivity contribution in [3.63, 3.8) is 0 Å². The van der Waals surface area contributed by atoms with E-state index in [4.69, 9.17) is 4.74 Å². The van der Waals surface area contributed by atoms with Crippen LogP contribution in [0.15, 0.2) is 42.7 Å². The number of aryl methyl sites for hydroxylation is 1. The van der Waals surface area contributed by atoms with Gasteiger partial charge in [-0.05, 0) is 62.4 Å². The fraction of sp³-hybridized carbons (Fsp3) is 0.350. The van der Waals surface area contributed by atoms with Crippen molar-refractivity contribution in [3.05, 3.63) is 53.9 Å². The second-order valence-electron chi connectivity index (χ2n) is 6.63. The van der Waals surface area contributed by atoms with Gasteiger partial charge in [0.1, 0.15) is 6.10 Å². The van der Waals surface area contributed by atoms with Crippen LogP contribution in [0.1, 0.15) is 35.7 Å². The van der Waals surface area contributed by atoms with Crippen LogP contribution in [0.4, 0.5) is 11.4 Å². The molecule has 2 N–H and O–H groups in total. The molecule has 3 rings (SSSR count). The molecule has 26 heavy (non-hydrogen) atoms. The van der Waals surface area contributed by atoms with Crippen LogP contribution >= 0.6 is 0 Å². The van der Waals surface area contributed by atoms with Crippen molar-refractivity contribution in [1.29, 1.82) is 0 Å². The SMILES string of the molecule is Cc1ccc(NC(=O)C(C)OCC2CC2)cc1NC(=O)c1ccncc1. The summed E-state index contributed by atoms with van der Waals surface area (Å²) in [5, 5.41) is 5.71. The van der Waals surface area contributed by atoms with Crippen molar-refractivity contribution in [2.75, 3.05) is 17.2 Å².